The van der Waals surface area contributed by atoms with E-state index in [4.69, 9.17) is 10.5 Å². The fraction of sp³-hybridized carbons (Fsp3) is 0.100. The van der Waals surface area contributed by atoms with Gasteiger partial charge >= 0.3 is 0 Å². The molecule has 0 amide bonds. The summed E-state index contributed by atoms with van der Waals surface area (Å²) in [5, 5.41) is 10.4. The molecule has 0 spiro atoms. The SMILES string of the molecule is Nc1cccc(C(O)c2ccc(OCc3ccccc3)cc2)c1. The summed E-state index contributed by atoms with van der Waals surface area (Å²) in [7, 11) is 0. The lowest BCUT2D eigenvalue weighted by Crippen LogP contribution is -2.01. The van der Waals surface area contributed by atoms with Gasteiger partial charge in [0.05, 0.1) is 0 Å². The van der Waals surface area contributed by atoms with Gasteiger partial charge < -0.3 is 15.6 Å². The molecule has 3 aromatic rings. The highest BCUT2D eigenvalue weighted by molar-refractivity contribution is 5.44. The van der Waals surface area contributed by atoms with Crippen molar-refractivity contribution in [3.8, 4) is 5.75 Å². The molecule has 116 valence electrons. The predicted molar refractivity (Wildman–Crippen MR) is 92.1 cm³/mol. The number of benzene rings is 3. The fourth-order valence-corrected chi connectivity index (χ4v) is 2.41. The van der Waals surface area contributed by atoms with Crippen molar-refractivity contribution in [2.75, 3.05) is 5.73 Å². The third-order valence-corrected chi connectivity index (χ3v) is 3.67. The minimum atomic E-state index is -0.693. The molecule has 0 saturated heterocycles. The Bertz CT molecular complexity index is 754. The van der Waals surface area contributed by atoms with Gasteiger partial charge in [-0.05, 0) is 41.0 Å². The zero-order valence-electron chi connectivity index (χ0n) is 12.7. The van der Waals surface area contributed by atoms with Crippen molar-refractivity contribution in [3.05, 3.63) is 95.6 Å². The van der Waals surface area contributed by atoms with Crippen LogP contribution in [0.5, 0.6) is 5.75 Å². The first kappa shape index (κ1) is 15.1. The Morgan fingerprint density at radius 2 is 1.57 bits per heavy atom. The van der Waals surface area contributed by atoms with Crippen LogP contribution in [0.15, 0.2) is 78.9 Å². The molecule has 0 bridgehead atoms. The Hall–Kier alpha value is -2.78. The fourth-order valence-electron chi connectivity index (χ4n) is 2.41. The number of rotatable bonds is 5. The smallest absolute Gasteiger partial charge is 0.119 e. The van der Waals surface area contributed by atoms with Crippen molar-refractivity contribution in [3.63, 3.8) is 0 Å². The van der Waals surface area contributed by atoms with Crippen LogP contribution >= 0.6 is 0 Å². The Kier molecular flexibility index (Phi) is 4.60. The highest BCUT2D eigenvalue weighted by Crippen LogP contribution is 2.25. The lowest BCUT2D eigenvalue weighted by Gasteiger charge is -2.13. The molecule has 3 nitrogen and oxygen atoms in total. The highest BCUT2D eigenvalue weighted by atomic mass is 16.5. The summed E-state index contributed by atoms with van der Waals surface area (Å²) in [4.78, 5) is 0. The molecule has 3 rings (SSSR count). The van der Waals surface area contributed by atoms with Gasteiger partial charge in [-0.15, -0.1) is 0 Å². The molecule has 23 heavy (non-hydrogen) atoms. The minimum absolute atomic E-state index is 0.526. The van der Waals surface area contributed by atoms with Crippen molar-refractivity contribution < 1.29 is 9.84 Å². The molecule has 0 aliphatic heterocycles. The van der Waals surface area contributed by atoms with E-state index in [1.54, 1.807) is 12.1 Å². The number of aliphatic hydroxyl groups excluding tert-OH is 1. The van der Waals surface area contributed by atoms with Crippen LogP contribution < -0.4 is 10.5 Å². The van der Waals surface area contributed by atoms with E-state index < -0.39 is 6.10 Å². The van der Waals surface area contributed by atoms with E-state index in [-0.39, 0.29) is 0 Å². The standard InChI is InChI=1S/C20H19NO2/c21-18-8-4-7-17(13-18)20(22)16-9-11-19(12-10-16)23-14-15-5-2-1-3-6-15/h1-13,20,22H,14,21H2. The van der Waals surface area contributed by atoms with Gasteiger partial charge in [-0.25, -0.2) is 0 Å². The first-order valence-electron chi connectivity index (χ1n) is 7.52. The largest absolute Gasteiger partial charge is 0.489 e. The quantitative estimate of drug-likeness (QED) is 0.702. The third kappa shape index (κ3) is 3.90. The Morgan fingerprint density at radius 1 is 0.826 bits per heavy atom. The second kappa shape index (κ2) is 6.99. The Morgan fingerprint density at radius 3 is 2.26 bits per heavy atom. The summed E-state index contributed by atoms with van der Waals surface area (Å²) in [5.74, 6) is 0.775. The molecule has 0 saturated carbocycles. The van der Waals surface area contributed by atoms with E-state index in [9.17, 15) is 5.11 Å². The van der Waals surface area contributed by atoms with Crippen molar-refractivity contribution in [2.45, 2.75) is 12.7 Å². The van der Waals surface area contributed by atoms with Crippen LogP contribution in [0.25, 0.3) is 0 Å². The maximum absolute atomic E-state index is 10.4. The number of anilines is 1. The van der Waals surface area contributed by atoms with E-state index in [1.165, 1.54) is 0 Å². The molecule has 0 heterocycles. The Labute approximate surface area is 136 Å². The molecule has 0 aliphatic carbocycles. The van der Waals surface area contributed by atoms with Gasteiger partial charge in [-0.1, -0.05) is 54.6 Å². The summed E-state index contributed by atoms with van der Waals surface area (Å²) >= 11 is 0. The highest BCUT2D eigenvalue weighted by Gasteiger charge is 2.10. The molecule has 0 aliphatic rings. The summed E-state index contributed by atoms with van der Waals surface area (Å²) in [5.41, 5.74) is 9.12. The molecule has 3 N–H and O–H groups in total. The molecule has 1 atom stereocenters. The normalized spacial score (nSPS) is 11.9. The molecular weight excluding hydrogens is 286 g/mol. The average molecular weight is 305 g/mol. The summed E-state index contributed by atoms with van der Waals surface area (Å²) < 4.78 is 5.75. The zero-order valence-corrected chi connectivity index (χ0v) is 12.7. The van der Waals surface area contributed by atoms with Gasteiger partial charge in [0, 0.05) is 5.69 Å². The molecule has 3 heteroatoms. The zero-order chi connectivity index (χ0) is 16.1. The second-order valence-corrected chi connectivity index (χ2v) is 5.42. The molecule has 3 aromatic carbocycles. The number of hydrogen-bond acceptors (Lipinski definition) is 3. The topological polar surface area (TPSA) is 55.5 Å². The van der Waals surface area contributed by atoms with Gasteiger partial charge in [0.15, 0.2) is 0 Å². The predicted octanol–water partition coefficient (Wildman–Crippen LogP) is 3.93. The summed E-state index contributed by atoms with van der Waals surface area (Å²) in [6.07, 6.45) is -0.693. The van der Waals surface area contributed by atoms with Crippen LogP contribution in [0.4, 0.5) is 5.69 Å². The van der Waals surface area contributed by atoms with Crippen LogP contribution in [0.1, 0.15) is 22.8 Å². The first-order valence-corrected chi connectivity index (χ1v) is 7.52. The summed E-state index contributed by atoms with van der Waals surface area (Å²) in [6, 6.07) is 24.8. The maximum Gasteiger partial charge on any atom is 0.119 e. The van der Waals surface area contributed by atoms with Gasteiger partial charge in [0.1, 0.15) is 18.5 Å². The number of nitrogen functional groups attached to an aromatic ring is 1. The van der Waals surface area contributed by atoms with Crippen LogP contribution in [-0.2, 0) is 6.61 Å². The lowest BCUT2D eigenvalue weighted by molar-refractivity contribution is 0.220. The Balaban J connectivity index is 1.67. The van der Waals surface area contributed by atoms with E-state index in [1.807, 2.05) is 66.7 Å². The minimum Gasteiger partial charge on any atom is -0.489 e. The van der Waals surface area contributed by atoms with E-state index in [0.29, 0.717) is 12.3 Å². The van der Waals surface area contributed by atoms with Gasteiger partial charge in [-0.3, -0.25) is 0 Å². The van der Waals surface area contributed by atoms with Crippen molar-refractivity contribution in [1.29, 1.82) is 0 Å². The van der Waals surface area contributed by atoms with Gasteiger partial charge in [-0.2, -0.15) is 0 Å². The van der Waals surface area contributed by atoms with Crippen LogP contribution in [-0.4, -0.2) is 5.11 Å². The first-order chi connectivity index (χ1) is 11.2. The molecule has 0 aromatic heterocycles. The van der Waals surface area contributed by atoms with Crippen LogP contribution in [0.3, 0.4) is 0 Å². The van der Waals surface area contributed by atoms with E-state index >= 15 is 0 Å². The van der Waals surface area contributed by atoms with E-state index in [2.05, 4.69) is 0 Å². The number of nitrogens with two attached hydrogens (primary N) is 1. The maximum atomic E-state index is 10.4. The van der Waals surface area contributed by atoms with Crippen LogP contribution in [0.2, 0.25) is 0 Å². The summed E-state index contributed by atoms with van der Waals surface area (Å²) in [6.45, 7) is 0.526. The number of ether oxygens (including phenoxy) is 1. The average Bonchev–Trinajstić information content (AvgIpc) is 2.61. The van der Waals surface area contributed by atoms with Crippen molar-refractivity contribution in [2.24, 2.45) is 0 Å². The monoisotopic (exact) mass is 305 g/mol. The second-order valence-electron chi connectivity index (χ2n) is 5.42. The van der Waals surface area contributed by atoms with Gasteiger partial charge in [0.2, 0.25) is 0 Å². The third-order valence-electron chi connectivity index (χ3n) is 3.67. The number of hydrogen-bond donors (Lipinski definition) is 2. The molecular formula is C20H19NO2. The number of aliphatic hydroxyl groups is 1. The van der Waals surface area contributed by atoms with E-state index in [0.717, 1.165) is 22.4 Å². The molecule has 0 radical (unpaired) electrons. The van der Waals surface area contributed by atoms with Crippen molar-refractivity contribution >= 4 is 5.69 Å². The van der Waals surface area contributed by atoms with Gasteiger partial charge in [0.25, 0.3) is 0 Å². The lowest BCUT2D eigenvalue weighted by atomic mass is 10.0. The van der Waals surface area contributed by atoms with Crippen LogP contribution in [0, 0.1) is 0 Å². The van der Waals surface area contributed by atoms with Crippen molar-refractivity contribution in [1.82, 2.24) is 0 Å². The molecule has 0 fully saturated rings. The molecule has 1 unspecified atom stereocenters.